The summed E-state index contributed by atoms with van der Waals surface area (Å²) in [6, 6.07) is 0. The van der Waals surface area contributed by atoms with E-state index in [1.165, 1.54) is 0 Å². The smallest absolute Gasteiger partial charge is 0.125 e. The van der Waals surface area contributed by atoms with Crippen molar-refractivity contribution in [2.45, 2.75) is 18.2 Å². The number of hydrogen-bond acceptors (Lipinski definition) is 4. The van der Waals surface area contributed by atoms with Crippen LogP contribution in [0.3, 0.4) is 0 Å². The number of aliphatic hydroxyl groups excluding tert-OH is 2. The third-order valence-corrected chi connectivity index (χ3v) is 1.77. The molecule has 1 aliphatic heterocycles. The molecule has 0 radical (unpaired) electrons. The molecule has 4 heteroatoms. The van der Waals surface area contributed by atoms with Crippen molar-refractivity contribution in [2.24, 2.45) is 5.73 Å². The maximum Gasteiger partial charge on any atom is 0.125 e. The monoisotopic (exact) mass is 132 g/mol. The van der Waals surface area contributed by atoms with Crippen LogP contribution in [0.1, 0.15) is 6.42 Å². The Hall–Kier alpha value is -0.160. The Balaban J connectivity index is 2.56. The van der Waals surface area contributed by atoms with Gasteiger partial charge in [-0.3, -0.25) is 5.32 Å². The highest BCUT2D eigenvalue weighted by atomic mass is 16.3. The molecule has 0 aromatic heterocycles. The second-order valence-electron chi connectivity index (χ2n) is 2.50. The maximum absolute atomic E-state index is 9.05. The minimum atomic E-state index is -0.806. The average Bonchev–Trinajstić information content (AvgIpc) is 2.15. The third kappa shape index (κ3) is 1.07. The molecule has 2 atom stereocenters. The summed E-state index contributed by atoms with van der Waals surface area (Å²) in [6.45, 7) is 0.513. The Bertz CT molecular complexity index is 109. The fraction of sp³-hybridized carbons (Fsp3) is 1.00. The van der Waals surface area contributed by atoms with Gasteiger partial charge in [-0.15, -0.1) is 0 Å². The highest BCUT2D eigenvalue weighted by Crippen LogP contribution is 2.14. The largest absolute Gasteiger partial charge is 0.394 e. The van der Waals surface area contributed by atoms with Gasteiger partial charge in [0.05, 0.1) is 12.1 Å². The van der Waals surface area contributed by atoms with Crippen LogP contribution < -0.4 is 11.1 Å². The molecule has 0 aromatic rings. The van der Waals surface area contributed by atoms with Crippen LogP contribution in [0.4, 0.5) is 0 Å². The summed E-state index contributed by atoms with van der Waals surface area (Å²) in [5.74, 6) is 0. The molecule has 1 saturated heterocycles. The molecule has 54 valence electrons. The molecule has 0 aliphatic carbocycles. The van der Waals surface area contributed by atoms with E-state index in [1.54, 1.807) is 0 Å². The molecule has 1 heterocycles. The first kappa shape index (κ1) is 6.95. The van der Waals surface area contributed by atoms with Crippen molar-refractivity contribution in [3.63, 3.8) is 0 Å². The van der Waals surface area contributed by atoms with Crippen LogP contribution >= 0.6 is 0 Å². The van der Waals surface area contributed by atoms with Crippen LogP contribution in [0.15, 0.2) is 0 Å². The van der Waals surface area contributed by atoms with Gasteiger partial charge < -0.3 is 15.9 Å². The molecule has 0 aromatic carbocycles. The Morgan fingerprint density at radius 1 is 1.78 bits per heavy atom. The van der Waals surface area contributed by atoms with Gasteiger partial charge >= 0.3 is 0 Å². The van der Waals surface area contributed by atoms with Gasteiger partial charge in [0.1, 0.15) is 6.23 Å². The molecule has 0 bridgehead atoms. The van der Waals surface area contributed by atoms with E-state index in [1.807, 2.05) is 0 Å². The summed E-state index contributed by atoms with van der Waals surface area (Å²) in [5.41, 5.74) is 4.73. The van der Waals surface area contributed by atoms with Crippen LogP contribution in [-0.2, 0) is 0 Å². The van der Waals surface area contributed by atoms with E-state index in [0.29, 0.717) is 13.0 Å². The molecular formula is C5H12N2O2. The summed E-state index contributed by atoms with van der Waals surface area (Å²) in [7, 11) is 0. The van der Waals surface area contributed by atoms with Gasteiger partial charge in [0.25, 0.3) is 0 Å². The van der Waals surface area contributed by atoms with Gasteiger partial charge in [-0.05, 0) is 13.0 Å². The summed E-state index contributed by atoms with van der Waals surface area (Å²) >= 11 is 0. The molecule has 0 spiro atoms. The number of nitrogens with one attached hydrogen (secondary N) is 1. The lowest BCUT2D eigenvalue weighted by atomic mass is 10.0. The van der Waals surface area contributed by atoms with E-state index in [4.69, 9.17) is 15.9 Å². The number of nitrogens with two attached hydrogens (primary N) is 1. The zero-order valence-corrected chi connectivity index (χ0v) is 5.17. The van der Waals surface area contributed by atoms with Gasteiger partial charge in [0, 0.05) is 0 Å². The van der Waals surface area contributed by atoms with Crippen molar-refractivity contribution < 1.29 is 10.2 Å². The van der Waals surface area contributed by atoms with E-state index in [-0.39, 0.29) is 6.61 Å². The quantitative estimate of drug-likeness (QED) is 0.332. The van der Waals surface area contributed by atoms with Crippen molar-refractivity contribution in [2.75, 3.05) is 13.2 Å². The van der Waals surface area contributed by atoms with E-state index in [2.05, 4.69) is 5.32 Å². The van der Waals surface area contributed by atoms with Crippen LogP contribution in [0.2, 0.25) is 0 Å². The lowest BCUT2D eigenvalue weighted by molar-refractivity contribution is 0.0534. The van der Waals surface area contributed by atoms with Gasteiger partial charge in [-0.1, -0.05) is 0 Å². The lowest BCUT2D eigenvalue weighted by Gasteiger charge is -2.23. The van der Waals surface area contributed by atoms with E-state index in [9.17, 15) is 0 Å². The molecule has 0 saturated carbocycles. The van der Waals surface area contributed by atoms with E-state index >= 15 is 0 Å². The van der Waals surface area contributed by atoms with Crippen LogP contribution in [0.25, 0.3) is 0 Å². The molecule has 4 nitrogen and oxygen atoms in total. The molecule has 0 amide bonds. The molecule has 2 unspecified atom stereocenters. The van der Waals surface area contributed by atoms with Crippen molar-refractivity contribution in [1.82, 2.24) is 5.32 Å². The van der Waals surface area contributed by atoms with Gasteiger partial charge in [-0.25, -0.2) is 0 Å². The first-order valence-corrected chi connectivity index (χ1v) is 3.00. The number of aliphatic hydroxyl groups is 2. The standard InChI is InChI=1S/C5H12N2O2/c6-5(3-8)1-2-7-4(5)9/h4,7-9H,1-3,6H2. The molecule has 1 rings (SSSR count). The Kier molecular flexibility index (Phi) is 1.72. The molecule has 1 fully saturated rings. The second kappa shape index (κ2) is 2.22. The van der Waals surface area contributed by atoms with Gasteiger partial charge in [0.15, 0.2) is 0 Å². The maximum atomic E-state index is 9.05. The fourth-order valence-electron chi connectivity index (χ4n) is 0.947. The van der Waals surface area contributed by atoms with Crippen molar-refractivity contribution in [3.8, 4) is 0 Å². The normalized spacial score (nSPS) is 43.7. The third-order valence-electron chi connectivity index (χ3n) is 1.77. The number of hydrogen-bond donors (Lipinski definition) is 4. The number of rotatable bonds is 1. The minimum Gasteiger partial charge on any atom is -0.394 e. The zero-order chi connectivity index (χ0) is 6.91. The Labute approximate surface area is 53.7 Å². The van der Waals surface area contributed by atoms with Crippen LogP contribution in [0, 0.1) is 0 Å². The summed E-state index contributed by atoms with van der Waals surface area (Å²) < 4.78 is 0. The van der Waals surface area contributed by atoms with E-state index < -0.39 is 11.8 Å². The lowest BCUT2D eigenvalue weighted by Crippen LogP contribution is -2.53. The first-order valence-electron chi connectivity index (χ1n) is 3.00. The predicted octanol–water partition coefficient (Wildman–Crippen LogP) is -2.01. The van der Waals surface area contributed by atoms with Crippen LogP contribution in [-0.4, -0.2) is 35.1 Å². The van der Waals surface area contributed by atoms with Gasteiger partial charge in [-0.2, -0.15) is 0 Å². The molecule has 5 N–H and O–H groups in total. The Morgan fingerprint density at radius 3 is 2.67 bits per heavy atom. The van der Waals surface area contributed by atoms with E-state index in [0.717, 1.165) is 0 Å². The summed E-state index contributed by atoms with van der Waals surface area (Å²) in [5, 5.41) is 20.5. The summed E-state index contributed by atoms with van der Waals surface area (Å²) in [4.78, 5) is 0. The Morgan fingerprint density at radius 2 is 2.44 bits per heavy atom. The second-order valence-corrected chi connectivity index (χ2v) is 2.50. The van der Waals surface area contributed by atoms with Crippen molar-refractivity contribution in [1.29, 1.82) is 0 Å². The topological polar surface area (TPSA) is 78.5 Å². The fourth-order valence-corrected chi connectivity index (χ4v) is 0.947. The average molecular weight is 132 g/mol. The molecular weight excluding hydrogens is 120 g/mol. The van der Waals surface area contributed by atoms with Crippen molar-refractivity contribution >= 4 is 0 Å². The minimum absolute atomic E-state index is 0.166. The highest BCUT2D eigenvalue weighted by Gasteiger charge is 2.37. The first-order chi connectivity index (χ1) is 4.19. The highest BCUT2D eigenvalue weighted by molar-refractivity contribution is 4.95. The van der Waals surface area contributed by atoms with Crippen molar-refractivity contribution in [3.05, 3.63) is 0 Å². The predicted molar refractivity (Wildman–Crippen MR) is 32.6 cm³/mol. The van der Waals surface area contributed by atoms with Crippen LogP contribution in [0.5, 0.6) is 0 Å². The summed E-state index contributed by atoms with van der Waals surface area (Å²) in [6.07, 6.45) is -0.118. The SMILES string of the molecule is NC1(CO)CCNC1O. The molecule has 9 heavy (non-hydrogen) atoms. The molecule has 1 aliphatic rings. The van der Waals surface area contributed by atoms with Gasteiger partial charge in [0.2, 0.25) is 0 Å². The zero-order valence-electron chi connectivity index (χ0n) is 5.17.